The number of methoxy groups -OCH3 is 1. The molecule has 3 heterocycles. The molecule has 0 spiro atoms. The molecule has 1 aliphatic rings. The van der Waals surface area contributed by atoms with Crippen molar-refractivity contribution < 1.29 is 9.13 Å². The van der Waals surface area contributed by atoms with Crippen LogP contribution in [-0.4, -0.2) is 31.4 Å². The Hall–Kier alpha value is -3.48. The summed E-state index contributed by atoms with van der Waals surface area (Å²) in [5.74, 6) is 1.74. The molecular formula is C25H26FN5O. The van der Waals surface area contributed by atoms with Gasteiger partial charge < -0.3 is 9.30 Å². The topological polar surface area (TPSA) is 57.8 Å². The minimum atomic E-state index is -0.374. The van der Waals surface area contributed by atoms with Crippen LogP contribution in [0.25, 0.3) is 5.69 Å². The first-order chi connectivity index (χ1) is 15.7. The van der Waals surface area contributed by atoms with Gasteiger partial charge in [-0.1, -0.05) is 31.2 Å². The van der Waals surface area contributed by atoms with Gasteiger partial charge in [0.2, 0.25) is 0 Å². The number of benzene rings is 2. The van der Waals surface area contributed by atoms with Crippen molar-refractivity contribution in [3.05, 3.63) is 89.3 Å². The molecule has 0 saturated carbocycles. The molecule has 5 rings (SSSR count). The van der Waals surface area contributed by atoms with Gasteiger partial charge in [-0.3, -0.25) is 0 Å². The molecule has 0 aliphatic carbocycles. The number of para-hydroxylation sites is 1. The summed E-state index contributed by atoms with van der Waals surface area (Å²) in [6.45, 7) is 2.98. The van der Waals surface area contributed by atoms with Crippen LogP contribution in [0.1, 0.15) is 47.7 Å². The maximum atomic E-state index is 14.2. The van der Waals surface area contributed by atoms with Crippen molar-refractivity contribution in [2.75, 3.05) is 7.11 Å². The van der Waals surface area contributed by atoms with Crippen molar-refractivity contribution in [2.45, 2.75) is 45.1 Å². The predicted octanol–water partition coefficient (Wildman–Crippen LogP) is 4.49. The fourth-order valence-corrected chi connectivity index (χ4v) is 4.49. The zero-order chi connectivity index (χ0) is 22.1. The fourth-order valence-electron chi connectivity index (χ4n) is 4.49. The molecule has 0 radical (unpaired) electrons. The van der Waals surface area contributed by atoms with Gasteiger partial charge in [0.25, 0.3) is 0 Å². The summed E-state index contributed by atoms with van der Waals surface area (Å²) in [6, 6.07) is 13.3. The molecule has 0 bridgehead atoms. The zero-order valence-electron chi connectivity index (χ0n) is 18.3. The Kier molecular flexibility index (Phi) is 5.47. The van der Waals surface area contributed by atoms with Crippen molar-refractivity contribution in [1.82, 2.24) is 24.3 Å². The minimum Gasteiger partial charge on any atom is -0.494 e. The Morgan fingerprint density at radius 1 is 1.19 bits per heavy atom. The molecule has 2 aromatic heterocycles. The van der Waals surface area contributed by atoms with E-state index in [4.69, 9.17) is 14.8 Å². The van der Waals surface area contributed by atoms with Crippen LogP contribution in [0.3, 0.4) is 0 Å². The molecule has 7 heteroatoms. The lowest BCUT2D eigenvalue weighted by molar-refractivity contribution is 0.386. The third-order valence-corrected chi connectivity index (χ3v) is 6.18. The molecule has 2 aromatic carbocycles. The van der Waals surface area contributed by atoms with Crippen molar-refractivity contribution in [1.29, 1.82) is 0 Å². The molecule has 32 heavy (non-hydrogen) atoms. The zero-order valence-corrected chi connectivity index (χ0v) is 18.3. The van der Waals surface area contributed by atoms with E-state index in [1.165, 1.54) is 24.4 Å². The molecule has 1 atom stereocenters. The van der Waals surface area contributed by atoms with Crippen molar-refractivity contribution in [3.63, 3.8) is 0 Å². The van der Waals surface area contributed by atoms with Crippen molar-refractivity contribution in [2.24, 2.45) is 0 Å². The lowest BCUT2D eigenvalue weighted by atomic mass is 9.97. The third kappa shape index (κ3) is 3.79. The summed E-state index contributed by atoms with van der Waals surface area (Å²) in [4.78, 5) is 9.27. The molecule has 0 amide bonds. The van der Waals surface area contributed by atoms with Crippen molar-refractivity contribution >= 4 is 0 Å². The van der Waals surface area contributed by atoms with Crippen LogP contribution in [0.2, 0.25) is 0 Å². The van der Waals surface area contributed by atoms with Gasteiger partial charge in [-0.05, 0) is 48.6 Å². The summed E-state index contributed by atoms with van der Waals surface area (Å²) in [6.07, 6.45) is 7.16. The number of imidazole rings is 1. The highest BCUT2D eigenvalue weighted by molar-refractivity contribution is 5.41. The van der Waals surface area contributed by atoms with Gasteiger partial charge in [0, 0.05) is 30.8 Å². The lowest BCUT2D eigenvalue weighted by Gasteiger charge is -2.24. The Balaban J connectivity index is 1.54. The Labute approximate surface area is 186 Å². The standard InChI is InChI=1S/C25H26FN5O/c1-3-18-6-4-5-7-22(18)31-25(19-9-10-20-14-27-16-30(20)15-19)28-24(29-31)13-17-8-11-23(32-2)21(26)12-17/h4-8,11-12,14,16,19H,3,9-10,13,15H2,1-2H3. The number of nitrogens with zero attached hydrogens (tertiary/aromatic N) is 5. The number of aromatic nitrogens is 5. The first kappa shape index (κ1) is 20.4. The van der Waals surface area contributed by atoms with E-state index in [9.17, 15) is 4.39 Å². The second kappa shape index (κ2) is 8.57. The summed E-state index contributed by atoms with van der Waals surface area (Å²) in [5.41, 5.74) is 4.35. The SMILES string of the molecule is CCc1ccccc1-n1nc(Cc2ccc(OC)c(F)c2)nc1C1CCc2cncn2C1. The molecule has 0 saturated heterocycles. The number of fused-ring (bicyclic) bond motifs is 1. The van der Waals surface area contributed by atoms with Crippen LogP contribution in [-0.2, 0) is 25.8 Å². The largest absolute Gasteiger partial charge is 0.494 e. The molecule has 0 N–H and O–H groups in total. The van der Waals surface area contributed by atoms with E-state index in [1.807, 2.05) is 29.3 Å². The van der Waals surface area contributed by atoms with Gasteiger partial charge in [-0.25, -0.2) is 19.0 Å². The summed E-state index contributed by atoms with van der Waals surface area (Å²) < 4.78 is 23.5. The molecule has 164 valence electrons. The number of hydrogen-bond acceptors (Lipinski definition) is 4. The number of ether oxygens (including phenoxy) is 1. The molecular weight excluding hydrogens is 405 g/mol. The molecule has 1 unspecified atom stereocenters. The summed E-state index contributed by atoms with van der Waals surface area (Å²) in [5, 5.41) is 4.90. The van der Waals surface area contributed by atoms with Gasteiger partial charge in [-0.2, -0.15) is 5.10 Å². The summed E-state index contributed by atoms with van der Waals surface area (Å²) in [7, 11) is 1.47. The van der Waals surface area contributed by atoms with Crippen LogP contribution in [0.15, 0.2) is 55.0 Å². The van der Waals surface area contributed by atoms with Crippen LogP contribution < -0.4 is 4.74 Å². The average Bonchev–Trinajstić information content (AvgIpc) is 3.45. The van der Waals surface area contributed by atoms with Crippen LogP contribution >= 0.6 is 0 Å². The fraction of sp³-hybridized carbons (Fsp3) is 0.320. The van der Waals surface area contributed by atoms with E-state index in [1.54, 1.807) is 6.07 Å². The predicted molar refractivity (Wildman–Crippen MR) is 120 cm³/mol. The molecule has 6 nitrogen and oxygen atoms in total. The third-order valence-electron chi connectivity index (χ3n) is 6.18. The number of aryl methyl sites for hydroxylation is 2. The van der Waals surface area contributed by atoms with Gasteiger partial charge in [-0.15, -0.1) is 0 Å². The molecule has 0 fully saturated rings. The maximum absolute atomic E-state index is 14.2. The van der Waals surface area contributed by atoms with Crippen LogP contribution in [0.4, 0.5) is 4.39 Å². The van der Waals surface area contributed by atoms with E-state index >= 15 is 0 Å². The number of hydrogen-bond donors (Lipinski definition) is 0. The smallest absolute Gasteiger partial charge is 0.165 e. The lowest BCUT2D eigenvalue weighted by Crippen LogP contribution is -2.21. The molecule has 1 aliphatic heterocycles. The van der Waals surface area contributed by atoms with Crippen LogP contribution in [0.5, 0.6) is 5.75 Å². The Bertz CT molecular complexity index is 1240. The average molecular weight is 432 g/mol. The van der Waals surface area contributed by atoms with Gasteiger partial charge in [0.1, 0.15) is 5.82 Å². The van der Waals surface area contributed by atoms with Crippen LogP contribution in [0, 0.1) is 5.82 Å². The summed E-state index contributed by atoms with van der Waals surface area (Å²) >= 11 is 0. The number of rotatable bonds is 6. The molecule has 4 aromatic rings. The highest BCUT2D eigenvalue weighted by Crippen LogP contribution is 2.30. The highest BCUT2D eigenvalue weighted by atomic mass is 19.1. The van der Waals surface area contributed by atoms with E-state index in [-0.39, 0.29) is 17.5 Å². The second-order valence-corrected chi connectivity index (χ2v) is 8.20. The second-order valence-electron chi connectivity index (χ2n) is 8.20. The van der Waals surface area contributed by atoms with Gasteiger partial charge >= 0.3 is 0 Å². The minimum absolute atomic E-state index is 0.232. The van der Waals surface area contributed by atoms with E-state index in [0.717, 1.165) is 42.9 Å². The Morgan fingerprint density at radius 3 is 2.88 bits per heavy atom. The highest BCUT2D eigenvalue weighted by Gasteiger charge is 2.26. The maximum Gasteiger partial charge on any atom is 0.165 e. The normalized spacial score (nSPS) is 15.5. The van der Waals surface area contributed by atoms with E-state index < -0.39 is 0 Å². The first-order valence-corrected chi connectivity index (χ1v) is 11.0. The monoisotopic (exact) mass is 431 g/mol. The van der Waals surface area contributed by atoms with Gasteiger partial charge in [0.15, 0.2) is 17.4 Å². The van der Waals surface area contributed by atoms with E-state index in [0.29, 0.717) is 12.2 Å². The number of halogens is 1. The van der Waals surface area contributed by atoms with Crippen molar-refractivity contribution in [3.8, 4) is 11.4 Å². The quantitative estimate of drug-likeness (QED) is 0.451. The van der Waals surface area contributed by atoms with E-state index in [2.05, 4.69) is 34.7 Å². The first-order valence-electron chi connectivity index (χ1n) is 11.0. The van der Waals surface area contributed by atoms with Gasteiger partial charge in [0.05, 0.1) is 19.1 Å². The Morgan fingerprint density at radius 2 is 2.06 bits per heavy atom.